The number of benzene rings is 2. The van der Waals surface area contributed by atoms with Crippen LogP contribution in [0.1, 0.15) is 23.3 Å². The van der Waals surface area contributed by atoms with Crippen molar-refractivity contribution >= 4 is 62.5 Å². The Morgan fingerprint density at radius 2 is 1.84 bits per heavy atom. The van der Waals surface area contributed by atoms with Crippen molar-refractivity contribution in [2.45, 2.75) is 23.1 Å². The number of fused-ring (bicyclic) bond motifs is 2. The van der Waals surface area contributed by atoms with Crippen molar-refractivity contribution in [2.75, 3.05) is 25.2 Å². The molecule has 3 heterocycles. The van der Waals surface area contributed by atoms with E-state index in [1.165, 1.54) is 23.8 Å². The van der Waals surface area contributed by atoms with Gasteiger partial charge in [0.2, 0.25) is 11.8 Å². The fourth-order valence-electron chi connectivity index (χ4n) is 4.56. The van der Waals surface area contributed by atoms with Crippen LogP contribution in [-0.4, -0.2) is 48.3 Å². The number of carbonyl (C=O) groups is 3. The lowest BCUT2D eigenvalue weighted by molar-refractivity contribution is -0.145. The summed E-state index contributed by atoms with van der Waals surface area (Å²) >= 11 is 5.62. The monoisotopic (exact) mass is 604 g/mol. The number of rotatable bonds is 7. The number of anilines is 1. The molecule has 1 saturated heterocycles. The Balaban J connectivity index is 1.54. The third-order valence-electron chi connectivity index (χ3n) is 6.11. The van der Waals surface area contributed by atoms with Crippen molar-refractivity contribution < 1.29 is 28.6 Å². The van der Waals surface area contributed by atoms with Gasteiger partial charge in [0.1, 0.15) is 5.25 Å². The number of methoxy groups -OCH3 is 1. The third kappa shape index (κ3) is 4.69. The molecule has 0 saturated carbocycles. The van der Waals surface area contributed by atoms with E-state index in [2.05, 4.69) is 20.9 Å². The summed E-state index contributed by atoms with van der Waals surface area (Å²) in [6, 6.07) is 12.1. The van der Waals surface area contributed by atoms with E-state index in [1.54, 1.807) is 49.4 Å². The second-order valence-corrected chi connectivity index (χ2v) is 11.3. The van der Waals surface area contributed by atoms with E-state index in [-0.39, 0.29) is 29.9 Å². The highest BCUT2D eigenvalue weighted by atomic mass is 79.9. The second-order valence-electron chi connectivity index (χ2n) is 8.24. The van der Waals surface area contributed by atoms with E-state index < -0.39 is 23.1 Å². The summed E-state index contributed by atoms with van der Waals surface area (Å²) in [6.45, 7) is 1.67. The molecular weight excluding hydrogens is 584 g/mol. The molecule has 0 radical (unpaired) electrons. The Morgan fingerprint density at radius 1 is 1.08 bits per heavy atom. The van der Waals surface area contributed by atoms with E-state index >= 15 is 0 Å². The summed E-state index contributed by atoms with van der Waals surface area (Å²) in [7, 11) is 1.47. The maximum atomic E-state index is 13.8. The average molecular weight is 605 g/mol. The number of thioether (sulfide) groups is 1. The molecule has 1 N–H and O–H groups in total. The topological polar surface area (TPSA) is 115 Å². The summed E-state index contributed by atoms with van der Waals surface area (Å²) in [6.07, 6.45) is 0. The molecule has 2 amide bonds. The number of aromatic amines is 1. The summed E-state index contributed by atoms with van der Waals surface area (Å²) in [5.41, 5.74) is 1.18. The van der Waals surface area contributed by atoms with E-state index in [4.69, 9.17) is 14.2 Å². The van der Waals surface area contributed by atoms with Gasteiger partial charge in [0.15, 0.2) is 18.1 Å². The van der Waals surface area contributed by atoms with Gasteiger partial charge < -0.3 is 19.2 Å². The highest BCUT2D eigenvalue weighted by Gasteiger charge is 2.56. The first kappa shape index (κ1) is 25.6. The van der Waals surface area contributed by atoms with Crippen LogP contribution in [0.25, 0.3) is 0 Å². The maximum Gasteiger partial charge on any atom is 0.344 e. The summed E-state index contributed by atoms with van der Waals surface area (Å²) in [5.74, 6) is -1.78. The van der Waals surface area contributed by atoms with Gasteiger partial charge in [-0.05, 0) is 48.9 Å². The van der Waals surface area contributed by atoms with Gasteiger partial charge in [-0.15, -0.1) is 0 Å². The molecule has 12 heteroatoms. The van der Waals surface area contributed by atoms with Crippen LogP contribution < -0.4 is 19.2 Å². The number of thiazole rings is 1. The number of ether oxygens (including phenoxy) is 3. The molecule has 0 bridgehead atoms. The fourth-order valence-corrected chi connectivity index (χ4v) is 7.34. The van der Waals surface area contributed by atoms with Crippen molar-refractivity contribution in [3.05, 3.63) is 67.0 Å². The van der Waals surface area contributed by atoms with Gasteiger partial charge in [-0.1, -0.05) is 45.1 Å². The SMILES string of the molecule is CCOC(=O)COc1ccc([C@H]2c3sc(=O)[nH]c3SC3C(=O)N(c4ccc(Br)cc4)C(=O)C32)cc1OC. The number of hydrogen-bond acceptors (Lipinski definition) is 9. The number of halogens is 1. The van der Waals surface area contributed by atoms with Crippen LogP contribution in [0, 0.1) is 5.92 Å². The number of nitrogens with one attached hydrogen (secondary N) is 1. The minimum absolute atomic E-state index is 0.242. The normalized spacial score (nSPS) is 20.4. The summed E-state index contributed by atoms with van der Waals surface area (Å²) in [4.78, 5) is 55.8. The van der Waals surface area contributed by atoms with Crippen LogP contribution in [-0.2, 0) is 19.1 Å². The lowest BCUT2D eigenvalue weighted by atomic mass is 9.83. The van der Waals surface area contributed by atoms with Crippen molar-refractivity contribution in [1.29, 1.82) is 0 Å². The number of carbonyl (C=O) groups excluding carboxylic acids is 3. The van der Waals surface area contributed by atoms with Crippen LogP contribution in [0.4, 0.5) is 5.69 Å². The fraction of sp³-hybridized carbons (Fsp3) is 0.280. The lowest BCUT2D eigenvalue weighted by Gasteiger charge is -2.30. The van der Waals surface area contributed by atoms with Gasteiger partial charge in [-0.25, -0.2) is 9.69 Å². The van der Waals surface area contributed by atoms with Gasteiger partial charge in [-0.2, -0.15) is 0 Å². The Labute approximate surface area is 228 Å². The molecule has 37 heavy (non-hydrogen) atoms. The molecule has 2 aliphatic rings. The zero-order valence-corrected chi connectivity index (χ0v) is 22.9. The van der Waals surface area contributed by atoms with Crippen molar-refractivity contribution in [3.63, 3.8) is 0 Å². The Hall–Kier alpha value is -3.09. The highest BCUT2D eigenvalue weighted by Crippen LogP contribution is 2.53. The molecule has 1 fully saturated rings. The third-order valence-corrected chi connectivity index (χ3v) is 9.04. The first-order chi connectivity index (χ1) is 17.8. The zero-order valence-electron chi connectivity index (χ0n) is 19.7. The molecule has 0 spiro atoms. The van der Waals surface area contributed by atoms with Crippen molar-refractivity contribution in [2.24, 2.45) is 5.92 Å². The molecule has 3 atom stereocenters. The van der Waals surface area contributed by atoms with Crippen LogP contribution in [0.3, 0.4) is 0 Å². The quantitative estimate of drug-likeness (QED) is 0.318. The summed E-state index contributed by atoms with van der Waals surface area (Å²) in [5, 5.41) is -0.119. The van der Waals surface area contributed by atoms with Crippen LogP contribution >= 0.6 is 39.0 Å². The number of amides is 2. The molecule has 2 aliphatic heterocycles. The standard InChI is InChI=1S/C25H21BrN2O7S2/c1-3-34-17(29)11-35-15-9-4-12(10-16(15)33-2)18-19-21(36-22-20(18)37-25(32)27-22)24(31)28(23(19)30)14-7-5-13(26)6-8-14/h4-10,18-19,21H,3,11H2,1-2H3,(H,27,32)/t18-,19?,21?/m1/s1. The van der Waals surface area contributed by atoms with Gasteiger partial charge in [0, 0.05) is 15.3 Å². The van der Waals surface area contributed by atoms with Crippen LogP contribution in [0.15, 0.2) is 56.8 Å². The molecule has 2 aromatic carbocycles. The number of aromatic nitrogens is 1. The molecule has 5 rings (SSSR count). The average Bonchev–Trinajstić information content (AvgIpc) is 3.38. The molecule has 9 nitrogen and oxygen atoms in total. The van der Waals surface area contributed by atoms with Gasteiger partial charge >= 0.3 is 10.8 Å². The van der Waals surface area contributed by atoms with Gasteiger partial charge in [0.05, 0.1) is 30.3 Å². The minimum Gasteiger partial charge on any atom is -0.493 e. The van der Waals surface area contributed by atoms with E-state index in [1.807, 2.05) is 0 Å². The van der Waals surface area contributed by atoms with Crippen molar-refractivity contribution in [3.8, 4) is 11.5 Å². The first-order valence-corrected chi connectivity index (χ1v) is 13.8. The second kappa shape index (κ2) is 10.3. The molecule has 3 aromatic rings. The molecule has 192 valence electrons. The van der Waals surface area contributed by atoms with E-state index in [0.717, 1.165) is 15.8 Å². The molecule has 2 unspecified atom stereocenters. The minimum atomic E-state index is -0.726. The highest BCUT2D eigenvalue weighted by molar-refractivity contribution is 9.10. The maximum absolute atomic E-state index is 13.8. The molecule has 1 aromatic heterocycles. The Kier molecular flexibility index (Phi) is 7.15. The Bertz CT molecular complexity index is 1440. The van der Waals surface area contributed by atoms with E-state index in [0.29, 0.717) is 32.7 Å². The summed E-state index contributed by atoms with van der Waals surface area (Å²) < 4.78 is 16.8. The lowest BCUT2D eigenvalue weighted by Crippen LogP contribution is -2.32. The zero-order chi connectivity index (χ0) is 26.3. The molecular formula is C25H21BrN2O7S2. The van der Waals surface area contributed by atoms with Crippen LogP contribution in [0.2, 0.25) is 0 Å². The first-order valence-electron chi connectivity index (χ1n) is 11.3. The van der Waals surface area contributed by atoms with E-state index in [9.17, 15) is 19.2 Å². The number of imide groups is 1. The van der Waals surface area contributed by atoms with Gasteiger partial charge in [0.25, 0.3) is 0 Å². The largest absolute Gasteiger partial charge is 0.493 e. The van der Waals surface area contributed by atoms with Crippen LogP contribution in [0.5, 0.6) is 11.5 Å². The number of nitrogens with zero attached hydrogens (tertiary/aromatic N) is 1. The van der Waals surface area contributed by atoms with Crippen molar-refractivity contribution in [1.82, 2.24) is 4.98 Å². The molecule has 0 aliphatic carbocycles. The predicted molar refractivity (Wildman–Crippen MR) is 142 cm³/mol. The Morgan fingerprint density at radius 3 is 2.54 bits per heavy atom. The smallest absolute Gasteiger partial charge is 0.344 e. The van der Waals surface area contributed by atoms with Gasteiger partial charge in [-0.3, -0.25) is 14.4 Å². The number of H-pyrrole nitrogens is 1. The number of esters is 1. The predicted octanol–water partition coefficient (Wildman–Crippen LogP) is 3.95. The number of hydrogen-bond donors (Lipinski definition) is 1.